The van der Waals surface area contributed by atoms with Crippen LogP contribution in [0.25, 0.3) is 0 Å². The van der Waals surface area contributed by atoms with Gasteiger partial charge in [-0.3, -0.25) is 4.79 Å². The molecule has 4 heteroatoms. The van der Waals surface area contributed by atoms with Crippen LogP contribution in [0.4, 0.5) is 0 Å². The van der Waals surface area contributed by atoms with E-state index in [4.69, 9.17) is 4.74 Å². The van der Waals surface area contributed by atoms with Crippen LogP contribution < -0.4 is 10.6 Å². The molecule has 0 aromatic carbocycles. The molecule has 2 heterocycles. The number of nitrogens with one attached hydrogen (secondary N) is 2. The standard InChI is InChI=1S/C12H22N2O2/c1-9(10-3-2-4-13-6-10)5-12(15)14-11-7-16-8-11/h9-11,13H,2-8H2,1H3,(H,14,15). The molecule has 2 rings (SSSR count). The van der Waals surface area contributed by atoms with E-state index in [0.29, 0.717) is 31.5 Å². The molecule has 2 atom stereocenters. The minimum atomic E-state index is 0.186. The third-order valence-electron chi connectivity index (χ3n) is 3.65. The van der Waals surface area contributed by atoms with Gasteiger partial charge in [0, 0.05) is 6.42 Å². The van der Waals surface area contributed by atoms with E-state index in [1.165, 1.54) is 12.8 Å². The minimum Gasteiger partial charge on any atom is -0.377 e. The van der Waals surface area contributed by atoms with Gasteiger partial charge in [0.1, 0.15) is 0 Å². The molecule has 16 heavy (non-hydrogen) atoms. The summed E-state index contributed by atoms with van der Waals surface area (Å²) in [6.45, 7) is 5.76. The Morgan fingerprint density at radius 1 is 1.56 bits per heavy atom. The van der Waals surface area contributed by atoms with Crippen molar-refractivity contribution in [2.45, 2.75) is 32.2 Å². The van der Waals surface area contributed by atoms with Gasteiger partial charge in [0.05, 0.1) is 19.3 Å². The average Bonchev–Trinajstić information content (AvgIpc) is 2.25. The zero-order chi connectivity index (χ0) is 11.4. The van der Waals surface area contributed by atoms with Crippen molar-refractivity contribution < 1.29 is 9.53 Å². The first-order valence-corrected chi connectivity index (χ1v) is 6.33. The highest BCUT2D eigenvalue weighted by atomic mass is 16.5. The molecule has 2 aliphatic rings. The SMILES string of the molecule is CC(CC(=O)NC1COC1)C1CCCNC1. The zero-order valence-corrected chi connectivity index (χ0v) is 10.00. The Balaban J connectivity index is 1.68. The molecule has 0 aromatic heterocycles. The normalized spacial score (nSPS) is 28.2. The molecule has 0 aliphatic carbocycles. The van der Waals surface area contributed by atoms with Crippen molar-refractivity contribution in [3.63, 3.8) is 0 Å². The van der Waals surface area contributed by atoms with Crippen molar-refractivity contribution in [3.05, 3.63) is 0 Å². The molecular weight excluding hydrogens is 204 g/mol. The van der Waals surface area contributed by atoms with Crippen molar-refractivity contribution in [3.8, 4) is 0 Å². The number of carbonyl (C=O) groups excluding carboxylic acids is 1. The van der Waals surface area contributed by atoms with E-state index in [0.717, 1.165) is 13.1 Å². The van der Waals surface area contributed by atoms with Gasteiger partial charge in [-0.1, -0.05) is 6.92 Å². The number of hydrogen-bond acceptors (Lipinski definition) is 3. The summed E-state index contributed by atoms with van der Waals surface area (Å²) in [5.74, 6) is 1.33. The Hall–Kier alpha value is -0.610. The molecule has 0 spiro atoms. The van der Waals surface area contributed by atoms with E-state index in [2.05, 4.69) is 17.6 Å². The monoisotopic (exact) mass is 226 g/mol. The van der Waals surface area contributed by atoms with E-state index < -0.39 is 0 Å². The Kier molecular flexibility index (Phi) is 4.18. The quantitative estimate of drug-likeness (QED) is 0.735. The number of piperidine rings is 1. The first-order chi connectivity index (χ1) is 7.75. The molecule has 2 fully saturated rings. The van der Waals surface area contributed by atoms with Gasteiger partial charge < -0.3 is 15.4 Å². The van der Waals surface area contributed by atoms with Gasteiger partial charge >= 0.3 is 0 Å². The number of amides is 1. The molecule has 2 saturated heterocycles. The maximum absolute atomic E-state index is 11.7. The van der Waals surface area contributed by atoms with Gasteiger partial charge in [-0.25, -0.2) is 0 Å². The van der Waals surface area contributed by atoms with Gasteiger partial charge in [0.25, 0.3) is 0 Å². The van der Waals surface area contributed by atoms with Gasteiger partial charge in [0.2, 0.25) is 5.91 Å². The van der Waals surface area contributed by atoms with Gasteiger partial charge in [0.15, 0.2) is 0 Å². The lowest BCUT2D eigenvalue weighted by molar-refractivity contribution is -0.126. The molecule has 92 valence electrons. The van der Waals surface area contributed by atoms with Crippen LogP contribution in [0.15, 0.2) is 0 Å². The summed E-state index contributed by atoms with van der Waals surface area (Å²) < 4.78 is 5.03. The fraction of sp³-hybridized carbons (Fsp3) is 0.917. The highest BCUT2D eigenvalue weighted by Gasteiger charge is 2.25. The second-order valence-corrected chi connectivity index (χ2v) is 5.09. The van der Waals surface area contributed by atoms with Crippen molar-refractivity contribution in [2.24, 2.45) is 11.8 Å². The molecule has 2 N–H and O–H groups in total. The van der Waals surface area contributed by atoms with Crippen LogP contribution in [0.3, 0.4) is 0 Å². The Bertz CT molecular complexity index is 235. The second kappa shape index (κ2) is 5.64. The summed E-state index contributed by atoms with van der Waals surface area (Å²) in [5.41, 5.74) is 0. The maximum Gasteiger partial charge on any atom is 0.220 e. The number of carbonyl (C=O) groups is 1. The highest BCUT2D eigenvalue weighted by Crippen LogP contribution is 2.22. The Labute approximate surface area is 97.1 Å². The van der Waals surface area contributed by atoms with Gasteiger partial charge in [-0.05, 0) is 37.8 Å². The van der Waals surface area contributed by atoms with Gasteiger partial charge in [-0.2, -0.15) is 0 Å². The molecule has 0 radical (unpaired) electrons. The van der Waals surface area contributed by atoms with E-state index in [9.17, 15) is 4.79 Å². The van der Waals surface area contributed by atoms with Crippen LogP contribution in [-0.2, 0) is 9.53 Å². The summed E-state index contributed by atoms with van der Waals surface area (Å²) in [6.07, 6.45) is 3.16. The zero-order valence-electron chi connectivity index (χ0n) is 10.00. The van der Waals surface area contributed by atoms with Crippen LogP contribution in [0.1, 0.15) is 26.2 Å². The molecule has 0 bridgehead atoms. The molecule has 1 amide bonds. The lowest BCUT2D eigenvalue weighted by Gasteiger charge is -2.30. The molecule has 4 nitrogen and oxygen atoms in total. The number of ether oxygens (including phenoxy) is 1. The second-order valence-electron chi connectivity index (χ2n) is 5.09. The third kappa shape index (κ3) is 3.19. The summed E-state index contributed by atoms with van der Waals surface area (Å²) in [4.78, 5) is 11.7. The lowest BCUT2D eigenvalue weighted by Crippen LogP contribution is -2.49. The van der Waals surface area contributed by atoms with Crippen molar-refractivity contribution >= 4 is 5.91 Å². The first kappa shape index (κ1) is 11.9. The molecule has 0 aromatic rings. The van der Waals surface area contributed by atoms with Crippen LogP contribution >= 0.6 is 0 Å². The van der Waals surface area contributed by atoms with Crippen molar-refractivity contribution in [1.82, 2.24) is 10.6 Å². The number of rotatable bonds is 4. The van der Waals surface area contributed by atoms with E-state index in [1.807, 2.05) is 0 Å². The fourth-order valence-electron chi connectivity index (χ4n) is 2.43. The largest absolute Gasteiger partial charge is 0.377 e. The molecule has 0 saturated carbocycles. The van der Waals surface area contributed by atoms with Crippen molar-refractivity contribution in [2.75, 3.05) is 26.3 Å². The predicted molar refractivity (Wildman–Crippen MR) is 62.1 cm³/mol. The fourth-order valence-corrected chi connectivity index (χ4v) is 2.43. The van der Waals surface area contributed by atoms with Crippen LogP contribution in [-0.4, -0.2) is 38.3 Å². The molecular formula is C12H22N2O2. The molecule has 2 unspecified atom stereocenters. The van der Waals surface area contributed by atoms with Crippen LogP contribution in [0.2, 0.25) is 0 Å². The van der Waals surface area contributed by atoms with E-state index in [-0.39, 0.29) is 11.9 Å². The summed E-state index contributed by atoms with van der Waals surface area (Å²) in [5, 5.41) is 6.40. The summed E-state index contributed by atoms with van der Waals surface area (Å²) >= 11 is 0. The highest BCUT2D eigenvalue weighted by molar-refractivity contribution is 5.76. The number of hydrogen-bond donors (Lipinski definition) is 2. The Morgan fingerprint density at radius 3 is 2.94 bits per heavy atom. The molecule has 2 aliphatic heterocycles. The third-order valence-corrected chi connectivity index (χ3v) is 3.65. The maximum atomic E-state index is 11.7. The van der Waals surface area contributed by atoms with Crippen molar-refractivity contribution in [1.29, 1.82) is 0 Å². The van der Waals surface area contributed by atoms with E-state index in [1.54, 1.807) is 0 Å². The first-order valence-electron chi connectivity index (χ1n) is 6.33. The Morgan fingerprint density at radius 2 is 2.38 bits per heavy atom. The minimum absolute atomic E-state index is 0.186. The van der Waals surface area contributed by atoms with Crippen LogP contribution in [0, 0.1) is 11.8 Å². The van der Waals surface area contributed by atoms with Crippen LogP contribution in [0.5, 0.6) is 0 Å². The lowest BCUT2D eigenvalue weighted by atomic mass is 9.85. The van der Waals surface area contributed by atoms with Gasteiger partial charge in [-0.15, -0.1) is 0 Å². The summed E-state index contributed by atoms with van der Waals surface area (Å²) in [6, 6.07) is 0.268. The average molecular weight is 226 g/mol. The smallest absolute Gasteiger partial charge is 0.220 e. The van der Waals surface area contributed by atoms with E-state index >= 15 is 0 Å². The predicted octanol–water partition coefficient (Wildman–Crippen LogP) is 0.527. The topological polar surface area (TPSA) is 50.4 Å². The summed E-state index contributed by atoms with van der Waals surface area (Å²) in [7, 11) is 0.